The number of halogens is 1. The van der Waals surface area contributed by atoms with Crippen molar-refractivity contribution in [1.29, 1.82) is 0 Å². The highest BCUT2D eigenvalue weighted by molar-refractivity contribution is 6.30. The number of fused-ring (bicyclic) bond motifs is 1. The number of hydrogen-bond acceptors (Lipinski definition) is 3. The summed E-state index contributed by atoms with van der Waals surface area (Å²) in [5.41, 5.74) is 2.23. The average molecular weight is 343 g/mol. The van der Waals surface area contributed by atoms with Crippen LogP contribution >= 0.6 is 11.6 Å². The fourth-order valence-electron chi connectivity index (χ4n) is 2.71. The lowest BCUT2D eigenvalue weighted by molar-refractivity contribution is -0.687. The maximum Gasteiger partial charge on any atom is 0.231 e. The van der Waals surface area contributed by atoms with Crippen LogP contribution in [0.3, 0.4) is 0 Å². The van der Waals surface area contributed by atoms with E-state index in [2.05, 4.69) is 11.4 Å². The monoisotopic (exact) mass is 342 g/mol. The van der Waals surface area contributed by atoms with Crippen molar-refractivity contribution in [2.75, 3.05) is 6.79 Å². The van der Waals surface area contributed by atoms with Crippen LogP contribution in [0.1, 0.15) is 11.3 Å². The number of furan rings is 1. The number of rotatable bonds is 5. The van der Waals surface area contributed by atoms with Crippen LogP contribution in [-0.2, 0) is 13.1 Å². The Labute approximate surface area is 145 Å². The van der Waals surface area contributed by atoms with Crippen molar-refractivity contribution in [1.82, 2.24) is 0 Å². The van der Waals surface area contributed by atoms with E-state index in [0.29, 0.717) is 6.79 Å². The van der Waals surface area contributed by atoms with Crippen LogP contribution in [0, 0.1) is 0 Å². The summed E-state index contributed by atoms with van der Waals surface area (Å²) in [4.78, 5) is 0. The number of quaternary nitrogens is 1. The summed E-state index contributed by atoms with van der Waals surface area (Å²) in [5, 5.41) is 2.92. The van der Waals surface area contributed by atoms with Crippen molar-refractivity contribution in [3.8, 4) is 22.8 Å². The molecule has 2 N–H and O–H groups in total. The maximum absolute atomic E-state index is 5.91. The first kappa shape index (κ1) is 15.1. The summed E-state index contributed by atoms with van der Waals surface area (Å²) in [7, 11) is 0. The standard InChI is InChI=1S/C19H16ClNO3/c20-15-4-2-14(3-5-15)17-8-6-16(24-17)11-21-10-13-1-7-18-19(9-13)23-12-22-18/h1-9,21H,10-12H2/p+1. The van der Waals surface area contributed by atoms with E-state index in [1.807, 2.05) is 48.5 Å². The Morgan fingerprint density at radius 2 is 1.71 bits per heavy atom. The first-order chi connectivity index (χ1) is 11.8. The molecule has 2 heterocycles. The Bertz CT molecular complexity index is 842. The van der Waals surface area contributed by atoms with Gasteiger partial charge in [0.1, 0.15) is 18.8 Å². The van der Waals surface area contributed by atoms with Gasteiger partial charge >= 0.3 is 0 Å². The van der Waals surface area contributed by atoms with Gasteiger partial charge in [0, 0.05) is 16.1 Å². The van der Waals surface area contributed by atoms with Crippen molar-refractivity contribution >= 4 is 11.6 Å². The first-order valence-corrected chi connectivity index (χ1v) is 8.20. The van der Waals surface area contributed by atoms with Crippen molar-refractivity contribution in [3.05, 3.63) is 70.9 Å². The van der Waals surface area contributed by atoms with Gasteiger partial charge < -0.3 is 19.2 Å². The molecule has 0 radical (unpaired) electrons. The van der Waals surface area contributed by atoms with Crippen LogP contribution in [0.4, 0.5) is 0 Å². The van der Waals surface area contributed by atoms with E-state index in [-0.39, 0.29) is 0 Å². The third kappa shape index (κ3) is 3.25. The maximum atomic E-state index is 5.91. The molecule has 0 amide bonds. The quantitative estimate of drug-likeness (QED) is 0.770. The Hall–Kier alpha value is -2.43. The molecule has 0 saturated heterocycles. The Morgan fingerprint density at radius 1 is 0.875 bits per heavy atom. The summed E-state index contributed by atoms with van der Waals surface area (Å²) in [6.07, 6.45) is 0. The number of ether oxygens (including phenoxy) is 2. The van der Waals surface area contributed by atoms with Crippen LogP contribution in [0.5, 0.6) is 11.5 Å². The molecule has 24 heavy (non-hydrogen) atoms. The normalized spacial score (nSPS) is 12.5. The molecule has 5 heteroatoms. The molecule has 1 aliphatic rings. The molecular formula is C19H17ClNO3+. The van der Waals surface area contributed by atoms with E-state index in [1.165, 1.54) is 5.56 Å². The summed E-state index contributed by atoms with van der Waals surface area (Å²) >= 11 is 5.91. The molecule has 0 saturated carbocycles. The molecule has 122 valence electrons. The van der Waals surface area contributed by atoms with Crippen molar-refractivity contribution in [3.63, 3.8) is 0 Å². The third-order valence-electron chi connectivity index (χ3n) is 3.95. The van der Waals surface area contributed by atoms with Gasteiger partial charge in [-0.25, -0.2) is 0 Å². The molecule has 0 fully saturated rings. The predicted octanol–water partition coefficient (Wildman–Crippen LogP) is 3.59. The molecule has 3 aromatic rings. The van der Waals surface area contributed by atoms with Gasteiger partial charge in [0.2, 0.25) is 6.79 Å². The lowest BCUT2D eigenvalue weighted by Crippen LogP contribution is -2.80. The van der Waals surface area contributed by atoms with Crippen LogP contribution < -0.4 is 14.8 Å². The van der Waals surface area contributed by atoms with Gasteiger partial charge in [0.15, 0.2) is 17.3 Å². The summed E-state index contributed by atoms with van der Waals surface area (Å²) < 4.78 is 16.6. The molecule has 2 aromatic carbocycles. The second-order valence-electron chi connectivity index (χ2n) is 5.66. The predicted molar refractivity (Wildman–Crippen MR) is 91.1 cm³/mol. The smallest absolute Gasteiger partial charge is 0.231 e. The highest BCUT2D eigenvalue weighted by atomic mass is 35.5. The van der Waals surface area contributed by atoms with Crippen LogP contribution in [-0.4, -0.2) is 6.79 Å². The van der Waals surface area contributed by atoms with E-state index in [9.17, 15) is 0 Å². The van der Waals surface area contributed by atoms with Gasteiger partial charge in [0.25, 0.3) is 0 Å². The van der Waals surface area contributed by atoms with E-state index < -0.39 is 0 Å². The number of hydrogen-bond donors (Lipinski definition) is 1. The van der Waals surface area contributed by atoms with E-state index in [1.54, 1.807) is 0 Å². The molecule has 1 aromatic heterocycles. The SMILES string of the molecule is Clc1ccc(-c2ccc(C[NH2+]Cc3ccc4c(c3)OCO4)o2)cc1. The van der Waals surface area contributed by atoms with Crippen LogP contribution in [0.25, 0.3) is 11.3 Å². The second-order valence-corrected chi connectivity index (χ2v) is 6.09. The molecule has 4 rings (SSSR count). The Kier molecular flexibility index (Phi) is 4.15. The number of nitrogens with two attached hydrogens (primary N) is 1. The lowest BCUT2D eigenvalue weighted by atomic mass is 10.2. The summed E-state index contributed by atoms with van der Waals surface area (Å²) in [5.74, 6) is 3.44. The first-order valence-electron chi connectivity index (χ1n) is 7.83. The minimum atomic E-state index is 0.308. The largest absolute Gasteiger partial charge is 0.455 e. The van der Waals surface area contributed by atoms with Crippen molar-refractivity contribution in [2.24, 2.45) is 0 Å². The molecule has 1 aliphatic heterocycles. The molecule has 0 unspecified atom stereocenters. The minimum absolute atomic E-state index is 0.308. The molecule has 0 aliphatic carbocycles. The zero-order valence-corrected chi connectivity index (χ0v) is 13.8. The molecule has 0 atom stereocenters. The van der Waals surface area contributed by atoms with Gasteiger partial charge in [0.05, 0.1) is 0 Å². The zero-order valence-electron chi connectivity index (χ0n) is 13.0. The summed E-state index contributed by atoms with van der Waals surface area (Å²) in [6.45, 7) is 1.94. The topological polar surface area (TPSA) is 48.2 Å². The van der Waals surface area contributed by atoms with Gasteiger partial charge in [-0.3, -0.25) is 0 Å². The fourth-order valence-corrected chi connectivity index (χ4v) is 2.83. The Balaban J connectivity index is 1.36. The van der Waals surface area contributed by atoms with Crippen molar-refractivity contribution in [2.45, 2.75) is 13.1 Å². The van der Waals surface area contributed by atoms with Gasteiger partial charge in [-0.15, -0.1) is 0 Å². The average Bonchev–Trinajstić information content (AvgIpc) is 3.24. The van der Waals surface area contributed by atoms with Gasteiger partial charge in [-0.05, 0) is 54.6 Å². The molecule has 0 spiro atoms. The Morgan fingerprint density at radius 3 is 2.58 bits per heavy atom. The van der Waals surface area contributed by atoms with E-state index in [0.717, 1.165) is 46.7 Å². The molecule has 0 bridgehead atoms. The second kappa shape index (κ2) is 6.59. The highest BCUT2D eigenvalue weighted by Crippen LogP contribution is 2.32. The van der Waals surface area contributed by atoms with Crippen LogP contribution in [0.2, 0.25) is 5.02 Å². The molecular weight excluding hydrogens is 326 g/mol. The third-order valence-corrected chi connectivity index (χ3v) is 4.20. The lowest BCUT2D eigenvalue weighted by Gasteiger charge is -2.02. The summed E-state index contributed by atoms with van der Waals surface area (Å²) in [6, 6.07) is 17.7. The van der Waals surface area contributed by atoms with Crippen LogP contribution in [0.15, 0.2) is 59.0 Å². The highest BCUT2D eigenvalue weighted by Gasteiger charge is 2.13. The van der Waals surface area contributed by atoms with E-state index >= 15 is 0 Å². The molecule has 4 nitrogen and oxygen atoms in total. The zero-order chi connectivity index (χ0) is 16.4. The number of benzene rings is 2. The minimum Gasteiger partial charge on any atom is -0.455 e. The van der Waals surface area contributed by atoms with E-state index in [4.69, 9.17) is 25.5 Å². The van der Waals surface area contributed by atoms with Gasteiger partial charge in [-0.1, -0.05) is 11.6 Å². The fraction of sp³-hybridized carbons (Fsp3) is 0.158. The van der Waals surface area contributed by atoms with Gasteiger partial charge in [-0.2, -0.15) is 0 Å². The van der Waals surface area contributed by atoms with Crippen molar-refractivity contribution < 1.29 is 19.2 Å².